The summed E-state index contributed by atoms with van der Waals surface area (Å²) < 4.78 is 5.62. The van der Waals surface area contributed by atoms with E-state index in [-0.39, 0.29) is 12.0 Å². The maximum atomic E-state index is 11.8. The Hall–Kier alpha value is -0.650. The van der Waals surface area contributed by atoms with Gasteiger partial charge in [0, 0.05) is 32.1 Å². The molecule has 0 aliphatic carbocycles. The highest BCUT2D eigenvalue weighted by atomic mass is 16.5. The zero-order valence-electron chi connectivity index (χ0n) is 12.0. The van der Waals surface area contributed by atoms with Crippen LogP contribution in [0.2, 0.25) is 0 Å². The lowest BCUT2D eigenvalue weighted by Crippen LogP contribution is -2.46. The number of morpholine rings is 1. The van der Waals surface area contributed by atoms with Gasteiger partial charge in [-0.25, -0.2) is 0 Å². The molecule has 2 unspecified atom stereocenters. The molecule has 2 fully saturated rings. The molecule has 0 aromatic rings. The van der Waals surface area contributed by atoms with Gasteiger partial charge in [-0.1, -0.05) is 6.42 Å². The fraction of sp³-hybridized carbons (Fsp3) is 0.929. The first-order valence-corrected chi connectivity index (χ1v) is 7.54. The third-order valence-corrected chi connectivity index (χ3v) is 4.00. The van der Waals surface area contributed by atoms with Crippen molar-refractivity contribution >= 4 is 5.91 Å². The van der Waals surface area contributed by atoms with Gasteiger partial charge in [0.25, 0.3) is 0 Å². The van der Waals surface area contributed by atoms with Crippen molar-refractivity contribution in [1.82, 2.24) is 15.5 Å². The van der Waals surface area contributed by atoms with Gasteiger partial charge in [-0.15, -0.1) is 0 Å². The number of piperidine rings is 1. The molecule has 0 aromatic heterocycles. The summed E-state index contributed by atoms with van der Waals surface area (Å²) in [5.74, 6) is 0.157. The van der Waals surface area contributed by atoms with Crippen LogP contribution in [0.4, 0.5) is 0 Å². The number of rotatable bonds is 5. The largest absolute Gasteiger partial charge is 0.374 e. The Balaban J connectivity index is 1.56. The van der Waals surface area contributed by atoms with Crippen molar-refractivity contribution in [2.75, 3.05) is 39.8 Å². The number of carbonyl (C=O) groups is 1. The molecular weight excluding hydrogens is 242 g/mol. The van der Waals surface area contributed by atoms with Crippen molar-refractivity contribution in [3.05, 3.63) is 0 Å². The molecule has 2 N–H and O–H groups in total. The third-order valence-electron chi connectivity index (χ3n) is 4.00. The molecule has 2 rings (SSSR count). The second-order valence-electron chi connectivity index (χ2n) is 5.74. The van der Waals surface area contributed by atoms with Crippen LogP contribution >= 0.6 is 0 Å². The molecule has 0 spiro atoms. The quantitative estimate of drug-likeness (QED) is 0.756. The standard InChI is InChI=1S/C14H27N3O2/c1-17-8-9-19-13(11-17)10-16-14(18)6-5-12-4-2-3-7-15-12/h12-13,15H,2-11H2,1H3,(H,16,18). The van der Waals surface area contributed by atoms with E-state index in [4.69, 9.17) is 4.74 Å². The van der Waals surface area contributed by atoms with Gasteiger partial charge >= 0.3 is 0 Å². The number of likely N-dealkylation sites (N-methyl/N-ethyl adjacent to an activating group) is 1. The van der Waals surface area contributed by atoms with Gasteiger partial charge < -0.3 is 20.3 Å². The fourth-order valence-corrected chi connectivity index (χ4v) is 2.78. The Kier molecular flexibility index (Phi) is 6.07. The molecule has 2 saturated heterocycles. The smallest absolute Gasteiger partial charge is 0.220 e. The third kappa shape index (κ3) is 5.47. The number of carbonyl (C=O) groups excluding carboxylic acids is 1. The Morgan fingerprint density at radius 3 is 3.11 bits per heavy atom. The summed E-state index contributed by atoms with van der Waals surface area (Å²) in [7, 11) is 2.09. The SMILES string of the molecule is CN1CCOC(CNC(=O)CCC2CCCCN2)C1. The molecule has 19 heavy (non-hydrogen) atoms. The number of nitrogens with one attached hydrogen (secondary N) is 2. The van der Waals surface area contributed by atoms with Crippen molar-refractivity contribution < 1.29 is 9.53 Å². The molecule has 1 amide bonds. The Bertz CT molecular complexity index is 280. The molecule has 0 radical (unpaired) electrons. The van der Waals surface area contributed by atoms with Crippen LogP contribution in [-0.4, -0.2) is 62.8 Å². The molecule has 0 bridgehead atoms. The van der Waals surface area contributed by atoms with E-state index in [0.29, 0.717) is 19.0 Å². The molecule has 2 aliphatic heterocycles. The predicted octanol–water partition coefficient (Wildman–Crippen LogP) is 0.356. The van der Waals surface area contributed by atoms with E-state index in [1.165, 1.54) is 19.3 Å². The zero-order chi connectivity index (χ0) is 13.5. The van der Waals surface area contributed by atoms with Gasteiger partial charge in [0.05, 0.1) is 12.7 Å². The minimum absolute atomic E-state index is 0.149. The number of amides is 1. The highest BCUT2D eigenvalue weighted by Gasteiger charge is 2.19. The monoisotopic (exact) mass is 269 g/mol. The van der Waals surface area contributed by atoms with Crippen molar-refractivity contribution in [3.8, 4) is 0 Å². The van der Waals surface area contributed by atoms with Crippen LogP contribution in [0.3, 0.4) is 0 Å². The molecule has 2 atom stereocenters. The average molecular weight is 269 g/mol. The summed E-state index contributed by atoms with van der Waals surface area (Å²) in [6, 6.07) is 0.538. The van der Waals surface area contributed by atoms with Crippen LogP contribution in [-0.2, 0) is 9.53 Å². The van der Waals surface area contributed by atoms with Crippen LogP contribution in [0.5, 0.6) is 0 Å². The lowest BCUT2D eigenvalue weighted by Gasteiger charge is -2.30. The summed E-state index contributed by atoms with van der Waals surface area (Å²) in [6.07, 6.45) is 5.51. The number of nitrogens with zero attached hydrogens (tertiary/aromatic N) is 1. The average Bonchev–Trinajstić information content (AvgIpc) is 2.44. The van der Waals surface area contributed by atoms with Crippen LogP contribution in [0, 0.1) is 0 Å². The predicted molar refractivity (Wildman–Crippen MR) is 75.1 cm³/mol. The number of ether oxygens (including phenoxy) is 1. The molecule has 2 heterocycles. The molecule has 5 nitrogen and oxygen atoms in total. The van der Waals surface area contributed by atoms with Gasteiger partial charge in [0.1, 0.15) is 0 Å². The lowest BCUT2D eigenvalue weighted by molar-refractivity contribution is -0.122. The first-order chi connectivity index (χ1) is 9.24. The van der Waals surface area contributed by atoms with Crippen LogP contribution in [0.25, 0.3) is 0 Å². The first kappa shape index (κ1) is 14.8. The highest BCUT2D eigenvalue weighted by Crippen LogP contribution is 2.11. The van der Waals surface area contributed by atoms with Gasteiger partial charge in [0.2, 0.25) is 5.91 Å². The second-order valence-corrected chi connectivity index (χ2v) is 5.74. The van der Waals surface area contributed by atoms with E-state index in [2.05, 4.69) is 22.6 Å². The highest BCUT2D eigenvalue weighted by molar-refractivity contribution is 5.75. The Morgan fingerprint density at radius 1 is 1.47 bits per heavy atom. The van der Waals surface area contributed by atoms with Gasteiger partial charge in [-0.2, -0.15) is 0 Å². The lowest BCUT2D eigenvalue weighted by atomic mass is 10.0. The summed E-state index contributed by atoms with van der Waals surface area (Å²) in [5.41, 5.74) is 0. The molecule has 110 valence electrons. The van der Waals surface area contributed by atoms with E-state index >= 15 is 0 Å². The van der Waals surface area contributed by atoms with Gasteiger partial charge in [-0.3, -0.25) is 4.79 Å². The van der Waals surface area contributed by atoms with Crippen LogP contribution in [0.1, 0.15) is 32.1 Å². The fourth-order valence-electron chi connectivity index (χ4n) is 2.78. The van der Waals surface area contributed by atoms with Gasteiger partial charge in [-0.05, 0) is 32.9 Å². The van der Waals surface area contributed by atoms with Crippen LogP contribution in [0.15, 0.2) is 0 Å². The maximum absolute atomic E-state index is 11.8. The first-order valence-electron chi connectivity index (χ1n) is 7.54. The summed E-state index contributed by atoms with van der Waals surface area (Å²) in [5, 5.41) is 6.47. The van der Waals surface area contributed by atoms with E-state index in [1.54, 1.807) is 0 Å². The minimum Gasteiger partial charge on any atom is -0.374 e. The number of hydrogen-bond acceptors (Lipinski definition) is 4. The van der Waals surface area contributed by atoms with E-state index < -0.39 is 0 Å². The second kappa shape index (κ2) is 7.82. The zero-order valence-corrected chi connectivity index (χ0v) is 12.0. The Morgan fingerprint density at radius 2 is 2.37 bits per heavy atom. The summed E-state index contributed by atoms with van der Waals surface area (Å²) >= 11 is 0. The van der Waals surface area contributed by atoms with Crippen molar-refractivity contribution in [2.45, 2.75) is 44.2 Å². The van der Waals surface area contributed by atoms with E-state index in [0.717, 1.165) is 32.7 Å². The van der Waals surface area contributed by atoms with Gasteiger partial charge in [0.15, 0.2) is 0 Å². The summed E-state index contributed by atoms with van der Waals surface area (Å²) in [4.78, 5) is 14.0. The van der Waals surface area contributed by atoms with E-state index in [1.807, 2.05) is 0 Å². The van der Waals surface area contributed by atoms with Crippen molar-refractivity contribution in [3.63, 3.8) is 0 Å². The number of hydrogen-bond donors (Lipinski definition) is 2. The Labute approximate surface area is 116 Å². The molecule has 5 heteroatoms. The molecule has 2 aliphatic rings. The molecule has 0 aromatic carbocycles. The van der Waals surface area contributed by atoms with Crippen molar-refractivity contribution in [2.24, 2.45) is 0 Å². The van der Waals surface area contributed by atoms with Crippen LogP contribution < -0.4 is 10.6 Å². The minimum atomic E-state index is 0.149. The molecule has 0 saturated carbocycles. The normalized spacial score (nSPS) is 29.1. The molecular formula is C14H27N3O2. The topological polar surface area (TPSA) is 53.6 Å². The van der Waals surface area contributed by atoms with E-state index in [9.17, 15) is 4.79 Å². The maximum Gasteiger partial charge on any atom is 0.220 e. The van der Waals surface area contributed by atoms with Crippen molar-refractivity contribution in [1.29, 1.82) is 0 Å². The summed E-state index contributed by atoms with van der Waals surface area (Å²) in [6.45, 7) is 4.40.